The van der Waals surface area contributed by atoms with E-state index in [9.17, 15) is 0 Å². The van der Waals surface area contributed by atoms with E-state index in [1.807, 2.05) is 12.3 Å². The Morgan fingerprint density at radius 3 is 2.00 bits per heavy atom. The number of aromatic nitrogens is 2. The number of nitrogens with zero attached hydrogens (tertiary/aromatic N) is 1. The van der Waals surface area contributed by atoms with Gasteiger partial charge in [0.2, 0.25) is 0 Å². The molecule has 0 aliphatic carbocycles. The van der Waals surface area contributed by atoms with Crippen molar-refractivity contribution in [3.63, 3.8) is 0 Å². The van der Waals surface area contributed by atoms with Crippen LogP contribution in [-0.2, 0) is 4.57 Å². The zero-order valence-corrected chi connectivity index (χ0v) is 8.39. The molecule has 1 heterocycles. The standard InChI is InChI=1S/C4H4N2.Mg.HO3P.H2O/c1-2-5-4-6-3-1;;1-4(2)3;/h1-4H;;(H,1,2,3);1H2/q;+2;;/p-1. The Morgan fingerprint density at radius 2 is 1.92 bits per heavy atom. The van der Waals surface area contributed by atoms with Crippen LogP contribution >= 0.6 is 8.25 Å². The van der Waals surface area contributed by atoms with Crippen LogP contribution in [0.25, 0.3) is 0 Å². The second kappa shape index (κ2) is 13.4. The maximum Gasteiger partial charge on any atom is 2.00 e. The van der Waals surface area contributed by atoms with E-state index in [4.69, 9.17) is 14.4 Å². The molecule has 12 heavy (non-hydrogen) atoms. The zero-order chi connectivity index (χ0) is 7.82. The summed E-state index contributed by atoms with van der Waals surface area (Å²) in [4.78, 5) is 23.5. The van der Waals surface area contributed by atoms with Crippen LogP contribution in [0.15, 0.2) is 24.8 Å². The molecular formula is C4H6MgN2O4P+. The summed E-state index contributed by atoms with van der Waals surface area (Å²) < 4.78 is 8.48. The summed E-state index contributed by atoms with van der Waals surface area (Å²) in [5, 5.41) is 0. The van der Waals surface area contributed by atoms with Crippen LogP contribution in [0.4, 0.5) is 0 Å². The van der Waals surface area contributed by atoms with E-state index < -0.39 is 8.25 Å². The van der Waals surface area contributed by atoms with Gasteiger partial charge in [-0.1, -0.05) is 9.55 Å². The van der Waals surface area contributed by atoms with Crippen LogP contribution < -0.4 is 14.8 Å². The van der Waals surface area contributed by atoms with Crippen molar-refractivity contribution in [2.75, 3.05) is 0 Å². The van der Waals surface area contributed by atoms with Crippen molar-refractivity contribution in [2.24, 2.45) is 0 Å². The molecule has 0 saturated carbocycles. The number of H-pyrrole nitrogens is 1. The fourth-order valence-corrected chi connectivity index (χ4v) is 0.277. The summed E-state index contributed by atoms with van der Waals surface area (Å²) in [6, 6.07) is 1.83. The molecule has 0 unspecified atom stereocenters. The molecule has 6 nitrogen and oxygen atoms in total. The molecule has 0 amide bonds. The van der Waals surface area contributed by atoms with Gasteiger partial charge in [-0.2, -0.15) is 0 Å². The van der Waals surface area contributed by atoms with Crippen molar-refractivity contribution >= 4 is 31.3 Å². The van der Waals surface area contributed by atoms with Crippen LogP contribution in [0.5, 0.6) is 0 Å². The quantitative estimate of drug-likeness (QED) is 0.345. The summed E-state index contributed by atoms with van der Waals surface area (Å²) in [5.74, 6) is 0. The summed E-state index contributed by atoms with van der Waals surface area (Å²) in [5.41, 5.74) is 0. The zero-order valence-electron chi connectivity index (χ0n) is 6.08. The Bertz CT molecular complexity index is 157. The van der Waals surface area contributed by atoms with Crippen molar-refractivity contribution in [3.8, 4) is 0 Å². The van der Waals surface area contributed by atoms with Crippen molar-refractivity contribution < 1.29 is 24.8 Å². The van der Waals surface area contributed by atoms with Gasteiger partial charge < -0.3 is 15.3 Å². The Kier molecular flexibility index (Phi) is 19.9. The molecule has 0 bridgehead atoms. The number of hydrogen-bond donors (Lipinski definition) is 0. The van der Waals surface area contributed by atoms with Crippen molar-refractivity contribution in [2.45, 2.75) is 0 Å². The van der Waals surface area contributed by atoms with E-state index in [0.717, 1.165) is 0 Å². The Morgan fingerprint density at radius 1 is 1.42 bits per heavy atom. The molecule has 2 N–H and O–H groups in total. The molecule has 0 saturated heterocycles. The van der Waals surface area contributed by atoms with Crippen LogP contribution in [0, 0.1) is 0 Å². The molecule has 0 aliphatic heterocycles. The van der Waals surface area contributed by atoms with Gasteiger partial charge in [-0.15, -0.1) is 0 Å². The minimum atomic E-state index is -3.37. The molecule has 1 rings (SSSR count). The number of nitrogens with one attached hydrogen (secondary N) is 1. The number of aromatic amines is 1. The minimum absolute atomic E-state index is 0. The molecule has 0 spiro atoms. The average Bonchev–Trinajstić information content (AvgIpc) is 1.90. The second-order valence-electron chi connectivity index (χ2n) is 1.18. The van der Waals surface area contributed by atoms with E-state index in [1.165, 1.54) is 0 Å². The molecule has 0 atom stereocenters. The Balaban J connectivity index is -0.000000124. The maximum atomic E-state index is 8.48. The molecule has 0 aliphatic rings. The van der Waals surface area contributed by atoms with Crippen molar-refractivity contribution in [3.05, 3.63) is 24.8 Å². The SMILES string of the molecule is O=[P+]([O-])[O-].[Mg+2].[OH-].c1cnc[nH+]c1. The predicted octanol–water partition coefficient (Wildman–Crippen LogP) is -2.30. The molecule has 8 heteroatoms. The molecule has 0 radical (unpaired) electrons. The molecule has 1 aromatic rings. The first-order valence-electron chi connectivity index (χ1n) is 2.31. The summed E-state index contributed by atoms with van der Waals surface area (Å²) in [6.45, 7) is 0. The molecular weight excluding hydrogens is 195 g/mol. The molecule has 0 aromatic carbocycles. The van der Waals surface area contributed by atoms with Gasteiger partial charge in [-0.3, -0.25) is 4.98 Å². The smallest absolute Gasteiger partial charge is 0.870 e. The van der Waals surface area contributed by atoms with E-state index in [-0.39, 0.29) is 28.5 Å². The van der Waals surface area contributed by atoms with E-state index in [1.54, 1.807) is 12.5 Å². The summed E-state index contributed by atoms with van der Waals surface area (Å²) in [7, 11) is -3.37. The Labute approximate surface area is 86.1 Å². The Hall–Kier alpha value is -0.174. The van der Waals surface area contributed by atoms with Gasteiger partial charge in [0.1, 0.15) is 6.20 Å². The summed E-state index contributed by atoms with van der Waals surface area (Å²) in [6.07, 6.45) is 5.16. The maximum absolute atomic E-state index is 8.48. The minimum Gasteiger partial charge on any atom is -0.870 e. The predicted molar refractivity (Wildman–Crippen MR) is 36.1 cm³/mol. The van der Waals surface area contributed by atoms with Gasteiger partial charge in [-0.25, -0.2) is 0 Å². The van der Waals surface area contributed by atoms with Crippen LogP contribution in [-0.4, -0.2) is 33.5 Å². The largest absolute Gasteiger partial charge is 2.00 e. The van der Waals surface area contributed by atoms with Crippen molar-refractivity contribution in [1.29, 1.82) is 0 Å². The van der Waals surface area contributed by atoms with E-state index in [0.29, 0.717) is 0 Å². The first kappa shape index (κ1) is 17.8. The third-order valence-electron chi connectivity index (χ3n) is 0.514. The number of hydrogen-bond acceptors (Lipinski definition) is 5. The van der Waals surface area contributed by atoms with Crippen LogP contribution in [0.3, 0.4) is 0 Å². The van der Waals surface area contributed by atoms with Crippen LogP contribution in [0.2, 0.25) is 0 Å². The van der Waals surface area contributed by atoms with Gasteiger partial charge in [0.15, 0.2) is 0 Å². The van der Waals surface area contributed by atoms with Crippen molar-refractivity contribution in [1.82, 2.24) is 4.98 Å². The first-order valence-corrected chi connectivity index (χ1v) is 3.40. The third-order valence-corrected chi connectivity index (χ3v) is 0.514. The van der Waals surface area contributed by atoms with Gasteiger partial charge in [-0.05, 0) is 0 Å². The normalized spacial score (nSPS) is 6.17. The number of rotatable bonds is 0. The first-order chi connectivity index (χ1) is 4.73. The second-order valence-corrected chi connectivity index (χ2v) is 1.62. The monoisotopic (exact) mass is 201 g/mol. The average molecular weight is 201 g/mol. The van der Waals surface area contributed by atoms with E-state index >= 15 is 0 Å². The fourth-order valence-electron chi connectivity index (χ4n) is 0.277. The van der Waals surface area contributed by atoms with Gasteiger partial charge in [0.25, 0.3) is 14.6 Å². The van der Waals surface area contributed by atoms with Crippen LogP contribution in [0.1, 0.15) is 0 Å². The molecule has 0 fully saturated rings. The van der Waals surface area contributed by atoms with Gasteiger partial charge in [0, 0.05) is 6.07 Å². The third kappa shape index (κ3) is 22.6. The van der Waals surface area contributed by atoms with E-state index in [2.05, 4.69) is 9.97 Å². The molecule has 62 valence electrons. The summed E-state index contributed by atoms with van der Waals surface area (Å²) >= 11 is 0. The molecule has 1 aromatic heterocycles. The van der Waals surface area contributed by atoms with Gasteiger partial charge in [0.05, 0.1) is 6.20 Å². The van der Waals surface area contributed by atoms with Gasteiger partial charge >= 0.3 is 23.1 Å². The fraction of sp³-hybridized carbons (Fsp3) is 0. The topological polar surface area (TPSA) is 120 Å².